The first-order valence-electron chi connectivity index (χ1n) is 4.86. The molecule has 7 heteroatoms. The third kappa shape index (κ3) is 3.59. The minimum Gasteiger partial charge on any atom is -0.392 e. The summed E-state index contributed by atoms with van der Waals surface area (Å²) in [5, 5.41) is 32.1. The number of aliphatic hydroxyl groups is 3. The Morgan fingerprint density at radius 2 is 2.12 bits per heavy atom. The minimum absolute atomic E-state index is 0.245. The lowest BCUT2D eigenvalue weighted by molar-refractivity contribution is 0.0232. The number of rotatable bonds is 5. The second kappa shape index (κ2) is 6.44. The Balaban J connectivity index is 2.94. The van der Waals surface area contributed by atoms with Gasteiger partial charge in [0.15, 0.2) is 0 Å². The lowest BCUT2D eigenvalue weighted by Crippen LogP contribution is -2.22. The zero-order valence-corrected chi connectivity index (χ0v) is 9.62. The molecule has 0 saturated heterocycles. The number of azide groups is 1. The summed E-state index contributed by atoms with van der Waals surface area (Å²) in [6, 6.07) is 4.55. The van der Waals surface area contributed by atoms with Crippen LogP contribution in [0.2, 0.25) is 5.02 Å². The molecule has 0 radical (unpaired) electrons. The van der Waals surface area contributed by atoms with E-state index < -0.39 is 12.2 Å². The highest BCUT2D eigenvalue weighted by molar-refractivity contribution is 6.30. The molecule has 0 aromatic heterocycles. The molecule has 3 N–H and O–H groups in total. The molecule has 6 nitrogen and oxygen atoms in total. The first kappa shape index (κ1) is 13.8. The monoisotopic (exact) mass is 257 g/mol. The van der Waals surface area contributed by atoms with Gasteiger partial charge in [0.2, 0.25) is 0 Å². The van der Waals surface area contributed by atoms with Crippen LogP contribution in [-0.4, -0.2) is 28.0 Å². The van der Waals surface area contributed by atoms with Crippen LogP contribution in [0.4, 0.5) is 0 Å². The molecule has 0 fully saturated rings. The molecule has 0 spiro atoms. The number of aliphatic hydroxyl groups excluding tert-OH is 3. The lowest BCUT2D eigenvalue weighted by Gasteiger charge is -2.19. The molecule has 2 unspecified atom stereocenters. The van der Waals surface area contributed by atoms with Gasteiger partial charge in [0, 0.05) is 9.93 Å². The molecule has 92 valence electrons. The minimum atomic E-state index is -1.24. The predicted octanol–water partition coefficient (Wildman–Crippen LogP) is 1.54. The van der Waals surface area contributed by atoms with E-state index in [0.29, 0.717) is 16.1 Å². The van der Waals surface area contributed by atoms with Crippen molar-refractivity contribution in [2.24, 2.45) is 5.11 Å². The summed E-state index contributed by atoms with van der Waals surface area (Å²) in [6.07, 6.45) is -2.46. The average molecular weight is 258 g/mol. The molecule has 0 aliphatic carbocycles. The van der Waals surface area contributed by atoms with Gasteiger partial charge in [0.1, 0.15) is 6.10 Å². The Kier molecular flexibility index (Phi) is 5.21. The zero-order valence-electron chi connectivity index (χ0n) is 8.86. The van der Waals surface area contributed by atoms with E-state index in [-0.39, 0.29) is 13.2 Å². The van der Waals surface area contributed by atoms with E-state index in [4.69, 9.17) is 22.2 Å². The van der Waals surface area contributed by atoms with Crippen LogP contribution in [0.3, 0.4) is 0 Å². The molecule has 17 heavy (non-hydrogen) atoms. The highest BCUT2D eigenvalue weighted by Crippen LogP contribution is 2.24. The van der Waals surface area contributed by atoms with Gasteiger partial charge in [-0.25, -0.2) is 0 Å². The van der Waals surface area contributed by atoms with E-state index in [1.807, 2.05) is 0 Å². The van der Waals surface area contributed by atoms with Crippen LogP contribution in [0.15, 0.2) is 23.3 Å². The van der Waals surface area contributed by atoms with Gasteiger partial charge >= 0.3 is 0 Å². The Morgan fingerprint density at radius 1 is 1.41 bits per heavy atom. The van der Waals surface area contributed by atoms with Crippen molar-refractivity contribution in [3.63, 3.8) is 0 Å². The highest BCUT2D eigenvalue weighted by Gasteiger charge is 2.20. The number of hydrogen-bond acceptors (Lipinski definition) is 4. The summed E-state index contributed by atoms with van der Waals surface area (Å²) in [5.41, 5.74) is 8.89. The first-order valence-corrected chi connectivity index (χ1v) is 5.24. The topological polar surface area (TPSA) is 109 Å². The molecule has 0 saturated carbocycles. The van der Waals surface area contributed by atoms with E-state index in [0.717, 1.165) is 0 Å². The number of benzene rings is 1. The number of halogens is 1. The lowest BCUT2D eigenvalue weighted by atomic mass is 9.99. The van der Waals surface area contributed by atoms with E-state index >= 15 is 0 Å². The molecule has 2 atom stereocenters. The maximum Gasteiger partial charge on any atom is 0.105 e. The van der Waals surface area contributed by atoms with Crippen LogP contribution in [0.25, 0.3) is 10.4 Å². The molecular weight excluding hydrogens is 246 g/mol. The largest absolute Gasteiger partial charge is 0.392 e. The summed E-state index contributed by atoms with van der Waals surface area (Å²) in [5.74, 6) is 0. The van der Waals surface area contributed by atoms with Crippen molar-refractivity contribution >= 4 is 11.6 Å². The van der Waals surface area contributed by atoms with Crippen molar-refractivity contribution < 1.29 is 15.3 Å². The summed E-state index contributed by atoms with van der Waals surface area (Å²) in [7, 11) is 0. The van der Waals surface area contributed by atoms with Crippen LogP contribution >= 0.6 is 11.6 Å². The zero-order chi connectivity index (χ0) is 12.8. The second-order valence-corrected chi connectivity index (χ2v) is 3.86. The van der Waals surface area contributed by atoms with Gasteiger partial charge < -0.3 is 15.3 Å². The number of nitrogens with zero attached hydrogens (tertiary/aromatic N) is 3. The number of hydrogen-bond donors (Lipinski definition) is 3. The Bertz CT molecular complexity index is 435. The third-order valence-electron chi connectivity index (χ3n) is 2.29. The summed E-state index contributed by atoms with van der Waals surface area (Å²) in [6.45, 7) is -0.549. The van der Waals surface area contributed by atoms with Gasteiger partial charge in [-0.05, 0) is 28.8 Å². The quantitative estimate of drug-likeness (QED) is 0.423. The summed E-state index contributed by atoms with van der Waals surface area (Å²) >= 11 is 5.74. The molecule has 0 aliphatic heterocycles. The first-order chi connectivity index (χ1) is 8.10. The van der Waals surface area contributed by atoms with Crippen LogP contribution in [0, 0.1) is 0 Å². The van der Waals surface area contributed by atoms with Crippen molar-refractivity contribution in [3.8, 4) is 0 Å². The fraction of sp³-hybridized carbons (Fsp3) is 0.400. The maximum atomic E-state index is 9.83. The molecule has 0 aliphatic rings. The van der Waals surface area contributed by atoms with E-state index in [1.165, 1.54) is 12.1 Å². The van der Waals surface area contributed by atoms with Crippen LogP contribution < -0.4 is 0 Å². The van der Waals surface area contributed by atoms with Crippen molar-refractivity contribution in [2.75, 3.05) is 6.54 Å². The molecule has 0 heterocycles. The third-order valence-corrected chi connectivity index (χ3v) is 2.53. The van der Waals surface area contributed by atoms with Gasteiger partial charge in [0.25, 0.3) is 0 Å². The fourth-order valence-electron chi connectivity index (χ4n) is 1.43. The van der Waals surface area contributed by atoms with Crippen molar-refractivity contribution in [1.82, 2.24) is 0 Å². The average Bonchev–Trinajstić information content (AvgIpc) is 2.34. The van der Waals surface area contributed by atoms with E-state index in [2.05, 4.69) is 10.0 Å². The van der Waals surface area contributed by atoms with Gasteiger partial charge in [-0.15, -0.1) is 0 Å². The van der Waals surface area contributed by atoms with Crippen molar-refractivity contribution in [1.29, 1.82) is 0 Å². The molecule has 1 aromatic carbocycles. The molecule has 1 aromatic rings. The van der Waals surface area contributed by atoms with Crippen molar-refractivity contribution in [2.45, 2.75) is 18.8 Å². The van der Waals surface area contributed by atoms with Crippen LogP contribution in [0.5, 0.6) is 0 Å². The summed E-state index contributed by atoms with van der Waals surface area (Å²) < 4.78 is 0. The van der Waals surface area contributed by atoms with Crippen molar-refractivity contribution in [3.05, 3.63) is 44.8 Å². The Morgan fingerprint density at radius 3 is 2.71 bits per heavy atom. The molecular formula is C10H12ClN3O3. The Labute approximate surface area is 103 Å². The standard InChI is InChI=1S/C10H12ClN3O3/c11-7-1-2-8(6(3-7)5-15)10(17)9(16)4-13-14-12/h1-3,9-10,15-17H,4-5H2. The fourth-order valence-corrected chi connectivity index (χ4v) is 1.62. The molecule has 0 amide bonds. The van der Waals surface area contributed by atoms with Gasteiger partial charge in [0.05, 0.1) is 19.3 Å². The second-order valence-electron chi connectivity index (χ2n) is 3.43. The SMILES string of the molecule is [N-]=[N+]=NCC(O)C(O)c1ccc(Cl)cc1CO. The van der Waals surface area contributed by atoms with Crippen LogP contribution in [-0.2, 0) is 6.61 Å². The Hall–Kier alpha value is -1.30. The van der Waals surface area contributed by atoms with Crippen LogP contribution in [0.1, 0.15) is 17.2 Å². The predicted molar refractivity (Wildman–Crippen MR) is 62.4 cm³/mol. The van der Waals surface area contributed by atoms with E-state index in [9.17, 15) is 10.2 Å². The van der Waals surface area contributed by atoms with Gasteiger partial charge in [-0.1, -0.05) is 22.8 Å². The molecule has 0 bridgehead atoms. The van der Waals surface area contributed by atoms with Gasteiger partial charge in [-0.3, -0.25) is 0 Å². The maximum absolute atomic E-state index is 9.83. The molecule has 1 rings (SSSR count). The summed E-state index contributed by atoms with van der Waals surface area (Å²) in [4.78, 5) is 2.49. The van der Waals surface area contributed by atoms with Gasteiger partial charge in [-0.2, -0.15) is 0 Å². The normalized spacial score (nSPS) is 13.9. The van der Waals surface area contributed by atoms with E-state index in [1.54, 1.807) is 6.07 Å². The smallest absolute Gasteiger partial charge is 0.105 e. The highest BCUT2D eigenvalue weighted by atomic mass is 35.5.